The van der Waals surface area contributed by atoms with Crippen molar-refractivity contribution in [2.45, 2.75) is 19.3 Å². The fourth-order valence-corrected chi connectivity index (χ4v) is 2.60. The number of nitrogens with one attached hydrogen (secondary N) is 1. The van der Waals surface area contributed by atoms with Gasteiger partial charge in [0.15, 0.2) is 0 Å². The van der Waals surface area contributed by atoms with E-state index in [1.807, 2.05) is 11.8 Å². The van der Waals surface area contributed by atoms with Gasteiger partial charge < -0.3 is 10.2 Å². The van der Waals surface area contributed by atoms with Crippen LogP contribution in [-0.2, 0) is 0 Å². The predicted octanol–water partition coefficient (Wildman–Crippen LogP) is 1.36. The van der Waals surface area contributed by atoms with Gasteiger partial charge in [0.05, 0.1) is 0 Å². The third-order valence-electron chi connectivity index (χ3n) is 3.40. The lowest BCUT2D eigenvalue weighted by Crippen LogP contribution is -2.46. The zero-order valence-corrected chi connectivity index (χ0v) is 12.4. The van der Waals surface area contributed by atoms with E-state index < -0.39 is 0 Å². The van der Waals surface area contributed by atoms with E-state index in [1.165, 1.54) is 64.3 Å². The van der Waals surface area contributed by atoms with E-state index >= 15 is 0 Å². The summed E-state index contributed by atoms with van der Waals surface area (Å²) in [5.41, 5.74) is 0. The second kappa shape index (κ2) is 10.2. The van der Waals surface area contributed by atoms with Crippen LogP contribution in [0.3, 0.4) is 0 Å². The lowest BCUT2D eigenvalue weighted by atomic mass is 10.2. The highest BCUT2D eigenvalue weighted by molar-refractivity contribution is 7.98. The van der Waals surface area contributed by atoms with E-state index in [4.69, 9.17) is 0 Å². The number of nitrogens with zero attached hydrogens (tertiary/aromatic N) is 2. The van der Waals surface area contributed by atoms with Crippen molar-refractivity contribution in [2.24, 2.45) is 0 Å². The maximum absolute atomic E-state index is 3.56. The topological polar surface area (TPSA) is 18.5 Å². The summed E-state index contributed by atoms with van der Waals surface area (Å²) >= 11 is 1.96. The van der Waals surface area contributed by atoms with Crippen molar-refractivity contribution in [3.05, 3.63) is 0 Å². The van der Waals surface area contributed by atoms with Crippen LogP contribution in [0.15, 0.2) is 0 Å². The van der Waals surface area contributed by atoms with E-state index in [1.54, 1.807) is 0 Å². The lowest BCUT2D eigenvalue weighted by molar-refractivity contribution is 0.155. The lowest BCUT2D eigenvalue weighted by Gasteiger charge is -2.32. The van der Waals surface area contributed by atoms with Gasteiger partial charge in [0.1, 0.15) is 0 Å². The molecule has 3 nitrogen and oxygen atoms in total. The molecule has 0 bridgehead atoms. The molecule has 0 aromatic carbocycles. The Kier molecular flexibility index (Phi) is 9.16. The second-order valence-corrected chi connectivity index (χ2v) is 5.93. The highest BCUT2D eigenvalue weighted by atomic mass is 32.2. The molecule has 1 fully saturated rings. The molecule has 17 heavy (non-hydrogen) atoms. The number of piperazine rings is 1. The van der Waals surface area contributed by atoms with Gasteiger partial charge in [-0.1, -0.05) is 6.42 Å². The zero-order chi connectivity index (χ0) is 12.3. The molecule has 0 aliphatic carbocycles. The minimum atomic E-state index is 1.16. The molecule has 0 radical (unpaired) electrons. The Morgan fingerprint density at radius 3 is 2.47 bits per heavy atom. The molecule has 0 spiro atoms. The molecular weight excluding hydrogens is 230 g/mol. The highest BCUT2D eigenvalue weighted by Crippen LogP contribution is 2.01. The van der Waals surface area contributed by atoms with Gasteiger partial charge in [-0.25, -0.2) is 0 Å². The van der Waals surface area contributed by atoms with Crippen LogP contribution in [0, 0.1) is 0 Å². The van der Waals surface area contributed by atoms with Crippen molar-refractivity contribution in [3.8, 4) is 0 Å². The van der Waals surface area contributed by atoms with E-state index in [-0.39, 0.29) is 0 Å². The van der Waals surface area contributed by atoms with E-state index in [9.17, 15) is 0 Å². The number of hydrogen-bond donors (Lipinski definition) is 1. The first-order valence-electron chi connectivity index (χ1n) is 6.93. The molecule has 0 aromatic heterocycles. The molecule has 4 heteroatoms. The third kappa shape index (κ3) is 8.03. The molecule has 102 valence electrons. The van der Waals surface area contributed by atoms with Crippen LogP contribution in [0.5, 0.6) is 0 Å². The molecular formula is C13H29N3S. The average molecular weight is 259 g/mol. The molecule has 0 atom stereocenters. The van der Waals surface area contributed by atoms with Crippen LogP contribution in [0.2, 0.25) is 0 Å². The van der Waals surface area contributed by atoms with E-state index in [2.05, 4.69) is 28.4 Å². The van der Waals surface area contributed by atoms with Gasteiger partial charge >= 0.3 is 0 Å². The Labute approximate surface area is 111 Å². The minimum absolute atomic E-state index is 1.16. The summed E-state index contributed by atoms with van der Waals surface area (Å²) in [6.45, 7) is 8.52. The van der Waals surface area contributed by atoms with Crippen LogP contribution >= 0.6 is 11.8 Å². The minimum Gasteiger partial charge on any atom is -0.315 e. The van der Waals surface area contributed by atoms with Crippen molar-refractivity contribution in [1.82, 2.24) is 15.1 Å². The molecule has 0 unspecified atom stereocenters. The molecule has 1 heterocycles. The fraction of sp³-hybridized carbons (Fsp3) is 1.00. The van der Waals surface area contributed by atoms with Gasteiger partial charge in [0, 0.05) is 39.3 Å². The van der Waals surface area contributed by atoms with Gasteiger partial charge in [-0.05, 0) is 38.4 Å². The van der Waals surface area contributed by atoms with Crippen LogP contribution in [-0.4, -0.2) is 74.7 Å². The Bertz CT molecular complexity index is 170. The first-order valence-corrected chi connectivity index (χ1v) is 8.33. The van der Waals surface area contributed by atoms with Crippen molar-refractivity contribution >= 4 is 11.8 Å². The summed E-state index contributed by atoms with van der Waals surface area (Å²) in [6, 6.07) is 0. The molecule has 0 saturated carbocycles. The Morgan fingerprint density at radius 2 is 1.76 bits per heavy atom. The second-order valence-electron chi connectivity index (χ2n) is 4.95. The number of hydrogen-bond acceptors (Lipinski definition) is 4. The Balaban J connectivity index is 1.81. The molecule has 0 aromatic rings. The summed E-state index contributed by atoms with van der Waals surface area (Å²) in [6.07, 6.45) is 6.28. The first kappa shape index (κ1) is 15.3. The normalized spacial score (nSPS) is 18.7. The summed E-state index contributed by atoms with van der Waals surface area (Å²) in [5.74, 6) is 1.32. The maximum Gasteiger partial charge on any atom is 0.0110 e. The quantitative estimate of drug-likeness (QED) is 0.630. The molecule has 1 N–H and O–H groups in total. The highest BCUT2D eigenvalue weighted by Gasteiger charge is 2.12. The Hall–Kier alpha value is 0.230. The molecule has 1 rings (SSSR count). The maximum atomic E-state index is 3.56. The summed E-state index contributed by atoms with van der Waals surface area (Å²) in [7, 11) is 2.21. The monoisotopic (exact) mass is 259 g/mol. The van der Waals surface area contributed by atoms with Crippen LogP contribution in [0.4, 0.5) is 0 Å². The van der Waals surface area contributed by atoms with E-state index in [0.29, 0.717) is 0 Å². The van der Waals surface area contributed by atoms with Crippen LogP contribution in [0.1, 0.15) is 19.3 Å². The standard InChI is InChI=1S/C13H29N3S/c1-15-9-11-16(12-10-15)8-7-14-6-4-3-5-13-17-2/h14H,3-13H2,1-2H3. The molecule has 0 amide bonds. The summed E-state index contributed by atoms with van der Waals surface area (Å²) < 4.78 is 0. The summed E-state index contributed by atoms with van der Waals surface area (Å²) in [4.78, 5) is 4.98. The van der Waals surface area contributed by atoms with E-state index in [0.717, 1.165) is 6.54 Å². The van der Waals surface area contributed by atoms with Gasteiger partial charge in [0.25, 0.3) is 0 Å². The zero-order valence-electron chi connectivity index (χ0n) is 11.6. The van der Waals surface area contributed by atoms with Crippen molar-refractivity contribution in [3.63, 3.8) is 0 Å². The van der Waals surface area contributed by atoms with Crippen molar-refractivity contribution in [2.75, 3.05) is 64.9 Å². The average Bonchev–Trinajstić information content (AvgIpc) is 2.35. The van der Waals surface area contributed by atoms with Gasteiger partial charge in [-0.3, -0.25) is 4.90 Å². The van der Waals surface area contributed by atoms with Gasteiger partial charge in [-0.15, -0.1) is 0 Å². The van der Waals surface area contributed by atoms with Crippen LogP contribution < -0.4 is 5.32 Å². The molecule has 1 aliphatic rings. The van der Waals surface area contributed by atoms with Crippen molar-refractivity contribution < 1.29 is 0 Å². The molecule has 1 aliphatic heterocycles. The van der Waals surface area contributed by atoms with Gasteiger partial charge in [-0.2, -0.15) is 11.8 Å². The van der Waals surface area contributed by atoms with Crippen molar-refractivity contribution in [1.29, 1.82) is 0 Å². The first-order chi connectivity index (χ1) is 8.33. The smallest absolute Gasteiger partial charge is 0.0110 e. The van der Waals surface area contributed by atoms with Gasteiger partial charge in [0.2, 0.25) is 0 Å². The van der Waals surface area contributed by atoms with Crippen LogP contribution in [0.25, 0.3) is 0 Å². The number of likely N-dealkylation sites (N-methyl/N-ethyl adjacent to an activating group) is 1. The Morgan fingerprint density at radius 1 is 1.00 bits per heavy atom. The largest absolute Gasteiger partial charge is 0.315 e. The fourth-order valence-electron chi connectivity index (χ4n) is 2.11. The SMILES string of the molecule is CSCCCCCNCCN1CCN(C)CC1. The third-order valence-corrected chi connectivity index (χ3v) is 4.10. The summed E-state index contributed by atoms with van der Waals surface area (Å²) in [5, 5.41) is 3.56. The predicted molar refractivity (Wildman–Crippen MR) is 79.0 cm³/mol. The number of rotatable bonds is 9. The number of thioether (sulfide) groups is 1. The molecule has 1 saturated heterocycles. The number of unbranched alkanes of at least 4 members (excludes halogenated alkanes) is 2.